The summed E-state index contributed by atoms with van der Waals surface area (Å²) in [5.74, 6) is -2.35. The lowest BCUT2D eigenvalue weighted by Crippen LogP contribution is -2.33. The standard InChI is InChI=1S/C15H14Cl2FNO4/c1-22-15(21)10(8-19-2-4-23-5-3-19)14(20)9-6-13(18)12(17)7-11(9)16/h6-8H,2-5H2,1H3. The van der Waals surface area contributed by atoms with Crippen LogP contribution in [-0.4, -0.2) is 50.1 Å². The number of morpholine rings is 1. The topological polar surface area (TPSA) is 55.8 Å². The summed E-state index contributed by atoms with van der Waals surface area (Å²) in [5.41, 5.74) is -0.392. The molecule has 5 nitrogen and oxygen atoms in total. The summed E-state index contributed by atoms with van der Waals surface area (Å²) in [4.78, 5) is 26.3. The molecule has 1 aliphatic heterocycles. The molecule has 0 N–H and O–H groups in total. The van der Waals surface area contributed by atoms with Gasteiger partial charge >= 0.3 is 5.97 Å². The lowest BCUT2D eigenvalue weighted by molar-refractivity contribution is -0.135. The minimum atomic E-state index is -0.826. The van der Waals surface area contributed by atoms with Crippen molar-refractivity contribution in [2.45, 2.75) is 0 Å². The van der Waals surface area contributed by atoms with E-state index in [1.54, 1.807) is 4.90 Å². The highest BCUT2D eigenvalue weighted by Crippen LogP contribution is 2.26. The molecule has 0 saturated carbocycles. The van der Waals surface area contributed by atoms with Crippen molar-refractivity contribution in [3.63, 3.8) is 0 Å². The van der Waals surface area contributed by atoms with Crippen molar-refractivity contribution in [3.8, 4) is 0 Å². The first kappa shape index (κ1) is 17.7. The third kappa shape index (κ3) is 4.22. The van der Waals surface area contributed by atoms with Gasteiger partial charge in [-0.25, -0.2) is 9.18 Å². The van der Waals surface area contributed by atoms with E-state index in [1.165, 1.54) is 6.20 Å². The zero-order valence-electron chi connectivity index (χ0n) is 12.3. The molecule has 1 aromatic carbocycles. The number of carbonyl (C=O) groups excluding carboxylic acids is 2. The van der Waals surface area contributed by atoms with Crippen LogP contribution in [0.4, 0.5) is 4.39 Å². The third-order valence-corrected chi connectivity index (χ3v) is 3.86. The number of esters is 1. The Morgan fingerprint density at radius 3 is 2.52 bits per heavy atom. The van der Waals surface area contributed by atoms with Crippen molar-refractivity contribution in [2.75, 3.05) is 33.4 Å². The molecule has 0 unspecified atom stereocenters. The Kier molecular flexibility index (Phi) is 5.98. The van der Waals surface area contributed by atoms with Crippen LogP contribution in [0, 0.1) is 5.82 Å². The fourth-order valence-electron chi connectivity index (χ4n) is 2.04. The molecule has 0 amide bonds. The molecule has 23 heavy (non-hydrogen) atoms. The molecule has 124 valence electrons. The van der Waals surface area contributed by atoms with Crippen LogP contribution in [0.3, 0.4) is 0 Å². The van der Waals surface area contributed by atoms with Gasteiger partial charge in [0.2, 0.25) is 5.78 Å². The summed E-state index contributed by atoms with van der Waals surface area (Å²) in [5, 5.41) is -0.249. The van der Waals surface area contributed by atoms with Crippen molar-refractivity contribution < 1.29 is 23.5 Å². The molecule has 0 bridgehead atoms. The Morgan fingerprint density at radius 1 is 1.26 bits per heavy atom. The van der Waals surface area contributed by atoms with Gasteiger partial charge in [-0.05, 0) is 12.1 Å². The normalized spacial score (nSPS) is 15.5. The molecular formula is C15H14Cl2FNO4. The lowest BCUT2D eigenvalue weighted by Gasteiger charge is -2.25. The highest BCUT2D eigenvalue weighted by Gasteiger charge is 2.25. The minimum absolute atomic E-state index is 0.0434. The Balaban J connectivity index is 2.39. The molecule has 1 aliphatic rings. The van der Waals surface area contributed by atoms with Crippen molar-refractivity contribution >= 4 is 35.0 Å². The molecule has 0 atom stereocenters. The second-order valence-electron chi connectivity index (χ2n) is 4.76. The Labute approximate surface area is 142 Å². The molecular weight excluding hydrogens is 348 g/mol. The maximum Gasteiger partial charge on any atom is 0.343 e. The average Bonchev–Trinajstić information content (AvgIpc) is 2.55. The molecule has 8 heteroatoms. The van der Waals surface area contributed by atoms with Crippen LogP contribution in [0.5, 0.6) is 0 Å². The van der Waals surface area contributed by atoms with Gasteiger partial charge < -0.3 is 14.4 Å². The lowest BCUT2D eigenvalue weighted by atomic mass is 10.0. The number of carbonyl (C=O) groups is 2. The average molecular weight is 362 g/mol. The highest BCUT2D eigenvalue weighted by molar-refractivity contribution is 6.39. The first-order valence-electron chi connectivity index (χ1n) is 6.75. The largest absolute Gasteiger partial charge is 0.465 e. The maximum atomic E-state index is 13.6. The fraction of sp³-hybridized carbons (Fsp3) is 0.333. The summed E-state index contributed by atoms with van der Waals surface area (Å²) in [7, 11) is 1.16. The molecule has 1 heterocycles. The van der Waals surface area contributed by atoms with E-state index >= 15 is 0 Å². The van der Waals surface area contributed by atoms with E-state index in [0.717, 1.165) is 19.2 Å². The van der Waals surface area contributed by atoms with Crippen LogP contribution < -0.4 is 0 Å². The quantitative estimate of drug-likeness (QED) is 0.206. The van der Waals surface area contributed by atoms with Crippen molar-refractivity contribution in [2.24, 2.45) is 0 Å². The van der Waals surface area contributed by atoms with Crippen LogP contribution >= 0.6 is 23.2 Å². The number of hydrogen-bond acceptors (Lipinski definition) is 5. The number of benzene rings is 1. The summed E-state index contributed by atoms with van der Waals surface area (Å²) in [6.07, 6.45) is 1.39. The number of methoxy groups -OCH3 is 1. The van der Waals surface area contributed by atoms with E-state index in [0.29, 0.717) is 26.3 Å². The Morgan fingerprint density at radius 2 is 1.91 bits per heavy atom. The smallest absolute Gasteiger partial charge is 0.343 e. The summed E-state index contributed by atoms with van der Waals surface area (Å²) in [6.45, 7) is 2.01. The molecule has 2 rings (SSSR count). The minimum Gasteiger partial charge on any atom is -0.465 e. The van der Waals surface area contributed by atoms with E-state index in [1.807, 2.05) is 0 Å². The van der Waals surface area contributed by atoms with Crippen LogP contribution in [0.1, 0.15) is 10.4 Å². The number of Topliss-reactive ketones (excluding diaryl/α,β-unsaturated/α-hetero) is 1. The van der Waals surface area contributed by atoms with E-state index in [-0.39, 0.29) is 21.2 Å². The van der Waals surface area contributed by atoms with Gasteiger partial charge in [-0.2, -0.15) is 0 Å². The Bertz CT molecular complexity index is 657. The van der Waals surface area contributed by atoms with Crippen LogP contribution in [0.15, 0.2) is 23.9 Å². The molecule has 0 spiro atoms. The predicted octanol–water partition coefficient (Wildman–Crippen LogP) is 2.70. The molecule has 0 radical (unpaired) electrons. The second-order valence-corrected chi connectivity index (χ2v) is 5.57. The van der Waals surface area contributed by atoms with Gasteiger partial charge in [-0.15, -0.1) is 0 Å². The molecule has 1 saturated heterocycles. The van der Waals surface area contributed by atoms with Crippen LogP contribution in [0.2, 0.25) is 10.0 Å². The van der Waals surface area contributed by atoms with E-state index in [9.17, 15) is 14.0 Å². The number of hydrogen-bond donors (Lipinski definition) is 0. The zero-order valence-corrected chi connectivity index (χ0v) is 13.8. The summed E-state index contributed by atoms with van der Waals surface area (Å²) in [6, 6.07) is 2.03. The van der Waals surface area contributed by atoms with E-state index < -0.39 is 17.6 Å². The monoisotopic (exact) mass is 361 g/mol. The van der Waals surface area contributed by atoms with E-state index in [4.69, 9.17) is 27.9 Å². The first-order valence-corrected chi connectivity index (χ1v) is 7.50. The van der Waals surface area contributed by atoms with E-state index in [2.05, 4.69) is 4.74 Å². The summed E-state index contributed by atoms with van der Waals surface area (Å²) >= 11 is 11.6. The summed E-state index contributed by atoms with van der Waals surface area (Å²) < 4.78 is 23.5. The third-order valence-electron chi connectivity index (χ3n) is 3.26. The number of ether oxygens (including phenoxy) is 2. The van der Waals surface area contributed by atoms with Gasteiger partial charge in [0.25, 0.3) is 0 Å². The van der Waals surface area contributed by atoms with Gasteiger partial charge in [0.1, 0.15) is 11.4 Å². The van der Waals surface area contributed by atoms with Gasteiger partial charge in [0, 0.05) is 24.9 Å². The fourth-order valence-corrected chi connectivity index (χ4v) is 2.51. The maximum absolute atomic E-state index is 13.6. The number of halogens is 3. The Hall–Kier alpha value is -1.63. The predicted molar refractivity (Wildman–Crippen MR) is 83.2 cm³/mol. The van der Waals surface area contributed by atoms with Crippen molar-refractivity contribution in [3.05, 3.63) is 45.3 Å². The van der Waals surface area contributed by atoms with Gasteiger partial charge in [0.05, 0.1) is 30.4 Å². The van der Waals surface area contributed by atoms with Gasteiger partial charge in [0.15, 0.2) is 0 Å². The zero-order chi connectivity index (χ0) is 17.0. The van der Waals surface area contributed by atoms with Crippen molar-refractivity contribution in [1.82, 2.24) is 4.90 Å². The SMILES string of the molecule is COC(=O)C(=CN1CCOCC1)C(=O)c1cc(F)c(Cl)cc1Cl. The van der Waals surface area contributed by atoms with Crippen LogP contribution in [-0.2, 0) is 14.3 Å². The van der Waals surface area contributed by atoms with Crippen molar-refractivity contribution in [1.29, 1.82) is 0 Å². The highest BCUT2D eigenvalue weighted by atomic mass is 35.5. The number of nitrogens with zero attached hydrogens (tertiary/aromatic N) is 1. The molecule has 1 fully saturated rings. The first-order chi connectivity index (χ1) is 10.9. The number of ketones is 1. The molecule has 0 aromatic heterocycles. The molecule has 1 aromatic rings. The van der Waals surface area contributed by atoms with Gasteiger partial charge in [-0.3, -0.25) is 4.79 Å². The van der Waals surface area contributed by atoms with Crippen LogP contribution in [0.25, 0.3) is 0 Å². The van der Waals surface area contributed by atoms with Gasteiger partial charge in [-0.1, -0.05) is 23.2 Å². The number of rotatable bonds is 4. The second kappa shape index (κ2) is 7.77. The molecule has 0 aliphatic carbocycles.